The van der Waals surface area contributed by atoms with Crippen LogP contribution in [-0.2, 0) is 19.5 Å². The van der Waals surface area contributed by atoms with Crippen LogP contribution in [0.3, 0.4) is 0 Å². The molecule has 7 nitrogen and oxygen atoms in total. The van der Waals surface area contributed by atoms with Crippen molar-refractivity contribution < 1.29 is 4.52 Å². The first-order valence-electron chi connectivity index (χ1n) is 8.95. The summed E-state index contributed by atoms with van der Waals surface area (Å²) in [6.45, 7) is 5.44. The SMILES string of the molecule is CCCc1noc(-c2cccc(CNC(=NC)NCc3ncc(C)s3)c2)n1. The zero-order valence-corrected chi connectivity index (χ0v) is 16.6. The second-order valence-electron chi connectivity index (χ2n) is 6.11. The maximum atomic E-state index is 5.37. The maximum absolute atomic E-state index is 5.37. The van der Waals surface area contributed by atoms with Crippen LogP contribution in [0.2, 0.25) is 0 Å². The number of aromatic nitrogens is 3. The number of aliphatic imine (C=N–C) groups is 1. The van der Waals surface area contributed by atoms with Gasteiger partial charge in [-0.05, 0) is 31.0 Å². The Morgan fingerprint density at radius 3 is 2.85 bits per heavy atom. The molecule has 2 aromatic heterocycles. The van der Waals surface area contributed by atoms with Crippen LogP contribution in [-0.4, -0.2) is 28.1 Å². The first-order valence-corrected chi connectivity index (χ1v) is 9.77. The highest BCUT2D eigenvalue weighted by Gasteiger charge is 2.09. The number of thiazole rings is 1. The summed E-state index contributed by atoms with van der Waals surface area (Å²) in [5, 5.41) is 11.7. The summed E-state index contributed by atoms with van der Waals surface area (Å²) in [6, 6.07) is 8.07. The van der Waals surface area contributed by atoms with Crippen LogP contribution in [0.15, 0.2) is 40.0 Å². The Morgan fingerprint density at radius 2 is 2.11 bits per heavy atom. The van der Waals surface area contributed by atoms with Crippen molar-refractivity contribution in [2.24, 2.45) is 4.99 Å². The van der Waals surface area contributed by atoms with Gasteiger partial charge in [0.25, 0.3) is 5.89 Å². The number of hydrogen-bond acceptors (Lipinski definition) is 6. The fraction of sp³-hybridized carbons (Fsp3) is 0.368. The van der Waals surface area contributed by atoms with Crippen molar-refractivity contribution in [3.8, 4) is 11.5 Å². The van der Waals surface area contributed by atoms with Crippen molar-refractivity contribution in [3.05, 3.63) is 51.7 Å². The Balaban J connectivity index is 1.58. The molecule has 3 rings (SSSR count). The minimum atomic E-state index is 0.557. The molecule has 0 fully saturated rings. The molecule has 2 heterocycles. The topological polar surface area (TPSA) is 88.2 Å². The molecule has 0 aliphatic heterocycles. The van der Waals surface area contributed by atoms with Gasteiger partial charge in [-0.3, -0.25) is 4.99 Å². The minimum Gasteiger partial charge on any atom is -0.352 e. The van der Waals surface area contributed by atoms with Gasteiger partial charge < -0.3 is 15.2 Å². The van der Waals surface area contributed by atoms with Gasteiger partial charge in [-0.25, -0.2) is 4.98 Å². The lowest BCUT2D eigenvalue weighted by atomic mass is 10.1. The predicted octanol–water partition coefficient (Wildman–Crippen LogP) is 3.32. The van der Waals surface area contributed by atoms with E-state index in [4.69, 9.17) is 4.52 Å². The summed E-state index contributed by atoms with van der Waals surface area (Å²) in [5.41, 5.74) is 2.03. The van der Waals surface area contributed by atoms with Gasteiger partial charge in [-0.1, -0.05) is 24.2 Å². The van der Waals surface area contributed by atoms with Gasteiger partial charge in [0.05, 0.1) is 6.54 Å². The predicted molar refractivity (Wildman–Crippen MR) is 108 cm³/mol. The molecular weight excluding hydrogens is 360 g/mol. The first kappa shape index (κ1) is 19.0. The van der Waals surface area contributed by atoms with E-state index >= 15 is 0 Å². The fourth-order valence-corrected chi connectivity index (χ4v) is 3.29. The Labute approximate surface area is 163 Å². The van der Waals surface area contributed by atoms with Gasteiger partial charge in [-0.2, -0.15) is 4.98 Å². The normalized spacial score (nSPS) is 11.6. The smallest absolute Gasteiger partial charge is 0.257 e. The van der Waals surface area contributed by atoms with E-state index in [1.54, 1.807) is 18.4 Å². The molecule has 142 valence electrons. The molecule has 0 aliphatic carbocycles. The summed E-state index contributed by atoms with van der Waals surface area (Å²) < 4.78 is 5.37. The van der Waals surface area contributed by atoms with Gasteiger partial charge in [0.15, 0.2) is 11.8 Å². The van der Waals surface area contributed by atoms with Gasteiger partial charge >= 0.3 is 0 Å². The second-order valence-corrected chi connectivity index (χ2v) is 7.43. The van der Waals surface area contributed by atoms with Crippen LogP contribution in [0.5, 0.6) is 0 Å². The Morgan fingerprint density at radius 1 is 1.26 bits per heavy atom. The van der Waals surface area contributed by atoms with Crippen molar-refractivity contribution in [2.45, 2.75) is 39.8 Å². The molecule has 0 spiro atoms. The molecule has 27 heavy (non-hydrogen) atoms. The highest BCUT2D eigenvalue weighted by atomic mass is 32.1. The van der Waals surface area contributed by atoms with Crippen LogP contribution in [0.4, 0.5) is 0 Å². The van der Waals surface area contributed by atoms with E-state index in [0.717, 1.165) is 40.8 Å². The lowest BCUT2D eigenvalue weighted by molar-refractivity contribution is 0.422. The van der Waals surface area contributed by atoms with E-state index < -0.39 is 0 Å². The van der Waals surface area contributed by atoms with Crippen LogP contribution in [0, 0.1) is 6.92 Å². The number of rotatable bonds is 7. The van der Waals surface area contributed by atoms with Crippen LogP contribution in [0.1, 0.15) is 34.6 Å². The Hall–Kier alpha value is -2.74. The summed E-state index contributed by atoms with van der Waals surface area (Å²) >= 11 is 1.68. The number of aryl methyl sites for hydroxylation is 2. The van der Waals surface area contributed by atoms with Gasteiger partial charge in [-0.15, -0.1) is 11.3 Å². The van der Waals surface area contributed by atoms with Crippen LogP contribution >= 0.6 is 11.3 Å². The highest BCUT2D eigenvalue weighted by Crippen LogP contribution is 2.19. The van der Waals surface area contributed by atoms with Crippen LogP contribution in [0.25, 0.3) is 11.5 Å². The lowest BCUT2D eigenvalue weighted by Gasteiger charge is -2.11. The Kier molecular flexibility index (Phi) is 6.54. The molecular formula is C19H24N6OS. The molecule has 0 atom stereocenters. The molecule has 0 saturated carbocycles. The van der Waals surface area contributed by atoms with E-state index in [0.29, 0.717) is 19.0 Å². The molecule has 0 amide bonds. The lowest BCUT2D eigenvalue weighted by Crippen LogP contribution is -2.36. The molecule has 1 aromatic carbocycles. The number of benzene rings is 1. The maximum Gasteiger partial charge on any atom is 0.257 e. The summed E-state index contributed by atoms with van der Waals surface area (Å²) in [4.78, 5) is 14.3. The van der Waals surface area contributed by atoms with Crippen molar-refractivity contribution in [1.29, 1.82) is 0 Å². The van der Waals surface area contributed by atoms with Crippen LogP contribution < -0.4 is 10.6 Å². The average molecular weight is 385 g/mol. The zero-order valence-electron chi connectivity index (χ0n) is 15.8. The minimum absolute atomic E-state index is 0.557. The summed E-state index contributed by atoms with van der Waals surface area (Å²) in [6.07, 6.45) is 3.70. The molecule has 0 aliphatic rings. The third-order valence-corrected chi connectivity index (χ3v) is 4.79. The van der Waals surface area contributed by atoms with Crippen molar-refractivity contribution in [2.75, 3.05) is 7.05 Å². The highest BCUT2D eigenvalue weighted by molar-refractivity contribution is 7.11. The Bertz CT molecular complexity index is 901. The first-order chi connectivity index (χ1) is 13.2. The number of nitrogens with one attached hydrogen (secondary N) is 2. The van der Waals surface area contributed by atoms with Crippen molar-refractivity contribution in [3.63, 3.8) is 0 Å². The molecule has 0 bridgehead atoms. The van der Waals surface area contributed by atoms with E-state index in [1.807, 2.05) is 24.4 Å². The third kappa shape index (κ3) is 5.37. The average Bonchev–Trinajstić information content (AvgIpc) is 3.31. The van der Waals surface area contributed by atoms with Gasteiger partial charge in [0.1, 0.15) is 5.01 Å². The zero-order chi connectivity index (χ0) is 19.1. The number of hydrogen-bond donors (Lipinski definition) is 2. The molecule has 0 radical (unpaired) electrons. The van der Waals surface area contributed by atoms with Gasteiger partial charge in [0, 0.05) is 36.7 Å². The largest absolute Gasteiger partial charge is 0.352 e. The van der Waals surface area contributed by atoms with E-state index in [-0.39, 0.29) is 0 Å². The van der Waals surface area contributed by atoms with Crippen molar-refractivity contribution >= 4 is 17.3 Å². The fourth-order valence-electron chi connectivity index (χ4n) is 2.56. The standard InChI is InChI=1S/C19H24N6OS/c1-4-6-16-24-18(26-25-16)15-8-5-7-14(9-15)11-22-19(20-3)23-12-17-21-10-13(2)27-17/h5,7-10H,4,6,11-12H2,1-3H3,(H2,20,22,23). The quantitative estimate of drug-likeness (QED) is 0.480. The van der Waals surface area contributed by atoms with E-state index in [9.17, 15) is 0 Å². The molecule has 8 heteroatoms. The molecule has 0 saturated heterocycles. The number of nitrogens with zero attached hydrogens (tertiary/aromatic N) is 4. The summed E-state index contributed by atoms with van der Waals surface area (Å²) in [5.74, 6) is 2.04. The monoisotopic (exact) mass is 384 g/mol. The van der Waals surface area contributed by atoms with Gasteiger partial charge in [0.2, 0.25) is 0 Å². The third-order valence-electron chi connectivity index (χ3n) is 3.88. The molecule has 3 aromatic rings. The molecule has 0 unspecified atom stereocenters. The number of guanidine groups is 1. The van der Waals surface area contributed by atoms with Crippen molar-refractivity contribution in [1.82, 2.24) is 25.8 Å². The van der Waals surface area contributed by atoms with E-state index in [1.165, 1.54) is 4.88 Å². The second kappa shape index (κ2) is 9.27. The molecule has 2 N–H and O–H groups in total. The van der Waals surface area contributed by atoms with E-state index in [2.05, 4.69) is 50.7 Å². The summed E-state index contributed by atoms with van der Waals surface area (Å²) in [7, 11) is 1.76.